The summed E-state index contributed by atoms with van der Waals surface area (Å²) >= 11 is 6.05. The molecule has 0 saturated carbocycles. The number of hydrogen-bond acceptors (Lipinski definition) is 3. The number of para-hydroxylation sites is 1. The molecule has 3 aromatic rings. The smallest absolute Gasteiger partial charge is 0.205 e. The van der Waals surface area contributed by atoms with Gasteiger partial charge in [0.15, 0.2) is 0 Å². The Morgan fingerprint density at radius 2 is 1.68 bits per heavy atom. The van der Waals surface area contributed by atoms with Gasteiger partial charge >= 0.3 is 0 Å². The van der Waals surface area contributed by atoms with Gasteiger partial charge in [-0.3, -0.25) is 4.79 Å². The second-order valence-corrected chi connectivity index (χ2v) is 4.47. The van der Waals surface area contributed by atoms with E-state index in [1.165, 1.54) is 12.1 Å². The lowest BCUT2D eigenvalue weighted by Crippen LogP contribution is -2.05. The van der Waals surface area contributed by atoms with Gasteiger partial charge in [-0.2, -0.15) is 0 Å². The normalized spacial score (nSPS) is 10.8. The van der Waals surface area contributed by atoms with Gasteiger partial charge in [-0.15, -0.1) is 0 Å². The quantitative estimate of drug-likeness (QED) is 0.733. The Kier molecular flexibility index (Phi) is 2.76. The third-order valence-electron chi connectivity index (χ3n) is 2.91. The first-order chi connectivity index (χ1) is 9.16. The zero-order valence-electron chi connectivity index (χ0n) is 9.76. The zero-order chi connectivity index (χ0) is 13.4. The molecular formula is C15H9ClO3. The van der Waals surface area contributed by atoms with E-state index in [1.807, 2.05) is 0 Å². The van der Waals surface area contributed by atoms with E-state index in [9.17, 15) is 9.90 Å². The summed E-state index contributed by atoms with van der Waals surface area (Å²) in [5, 5.41) is 9.81. The molecule has 0 atom stereocenters. The summed E-state index contributed by atoms with van der Waals surface area (Å²) in [7, 11) is 0. The van der Waals surface area contributed by atoms with Crippen LogP contribution in [-0.4, -0.2) is 5.11 Å². The van der Waals surface area contributed by atoms with Crippen molar-refractivity contribution in [2.24, 2.45) is 0 Å². The predicted octanol–water partition coefficient (Wildman–Crippen LogP) is 3.82. The maximum atomic E-state index is 12.4. The Labute approximate surface area is 113 Å². The molecular weight excluding hydrogens is 264 g/mol. The second-order valence-electron chi connectivity index (χ2n) is 4.12. The van der Waals surface area contributed by atoms with Crippen molar-refractivity contribution in [2.45, 2.75) is 0 Å². The molecule has 19 heavy (non-hydrogen) atoms. The zero-order valence-corrected chi connectivity index (χ0v) is 10.5. The van der Waals surface area contributed by atoms with Crippen molar-refractivity contribution in [1.29, 1.82) is 0 Å². The lowest BCUT2D eigenvalue weighted by atomic mass is 10.1. The first-order valence-corrected chi connectivity index (χ1v) is 6.05. The van der Waals surface area contributed by atoms with Crippen molar-refractivity contribution in [3.8, 4) is 16.9 Å². The fourth-order valence-electron chi connectivity index (χ4n) is 1.99. The van der Waals surface area contributed by atoms with Gasteiger partial charge in [0.25, 0.3) is 0 Å². The minimum atomic E-state index is -0.183. The van der Waals surface area contributed by atoms with Crippen LogP contribution in [0.15, 0.2) is 57.7 Å². The van der Waals surface area contributed by atoms with Crippen LogP contribution in [0.25, 0.3) is 22.1 Å². The van der Waals surface area contributed by atoms with Gasteiger partial charge in [0.1, 0.15) is 11.3 Å². The van der Waals surface area contributed by atoms with Gasteiger partial charge in [0.2, 0.25) is 10.6 Å². The minimum absolute atomic E-state index is 0.0504. The molecule has 94 valence electrons. The van der Waals surface area contributed by atoms with Crippen molar-refractivity contribution in [1.82, 2.24) is 0 Å². The van der Waals surface area contributed by atoms with Crippen molar-refractivity contribution in [3.05, 3.63) is 64.0 Å². The summed E-state index contributed by atoms with van der Waals surface area (Å²) in [5.74, 6) is 0.130. The van der Waals surface area contributed by atoms with E-state index in [0.29, 0.717) is 22.1 Å². The van der Waals surface area contributed by atoms with E-state index in [4.69, 9.17) is 16.0 Å². The molecule has 0 aliphatic carbocycles. The molecule has 0 bridgehead atoms. The van der Waals surface area contributed by atoms with Crippen LogP contribution in [0.1, 0.15) is 0 Å². The van der Waals surface area contributed by atoms with Gasteiger partial charge in [-0.1, -0.05) is 24.3 Å². The molecule has 3 nitrogen and oxygen atoms in total. The summed E-state index contributed by atoms with van der Waals surface area (Å²) in [5.41, 5.74) is 1.19. The highest BCUT2D eigenvalue weighted by atomic mass is 35.5. The summed E-state index contributed by atoms with van der Waals surface area (Å²) in [6.07, 6.45) is 0. The molecule has 0 saturated heterocycles. The van der Waals surface area contributed by atoms with Crippen LogP contribution >= 0.6 is 11.6 Å². The third-order valence-corrected chi connectivity index (χ3v) is 3.18. The second kappa shape index (κ2) is 4.44. The van der Waals surface area contributed by atoms with Gasteiger partial charge in [0, 0.05) is 0 Å². The lowest BCUT2D eigenvalue weighted by molar-refractivity contribution is 0.475. The molecule has 0 fully saturated rings. The van der Waals surface area contributed by atoms with Gasteiger partial charge in [-0.05, 0) is 41.4 Å². The Balaban J connectivity index is 2.35. The fourth-order valence-corrected chi connectivity index (χ4v) is 2.27. The number of rotatable bonds is 1. The highest BCUT2D eigenvalue weighted by Crippen LogP contribution is 2.28. The number of hydrogen-bond donors (Lipinski definition) is 1. The average molecular weight is 273 g/mol. The summed E-state index contributed by atoms with van der Waals surface area (Å²) < 4.78 is 5.46. The van der Waals surface area contributed by atoms with Crippen molar-refractivity contribution >= 4 is 22.6 Å². The van der Waals surface area contributed by atoms with E-state index >= 15 is 0 Å². The molecule has 0 amide bonds. The Morgan fingerprint density at radius 1 is 1.00 bits per heavy atom. The average Bonchev–Trinajstić information content (AvgIpc) is 2.41. The highest BCUT2D eigenvalue weighted by molar-refractivity contribution is 6.31. The molecule has 1 N–H and O–H groups in total. The molecule has 4 heteroatoms. The van der Waals surface area contributed by atoms with Crippen molar-refractivity contribution in [3.63, 3.8) is 0 Å². The SMILES string of the molecule is O=c1c(-c2ccc(O)cc2)c(Cl)oc2ccccc12. The van der Waals surface area contributed by atoms with E-state index in [2.05, 4.69) is 0 Å². The van der Waals surface area contributed by atoms with Crippen LogP contribution in [0, 0.1) is 0 Å². The third kappa shape index (κ3) is 1.98. The monoisotopic (exact) mass is 272 g/mol. The molecule has 0 aliphatic rings. The van der Waals surface area contributed by atoms with Crippen LogP contribution in [0.3, 0.4) is 0 Å². The van der Waals surface area contributed by atoms with Crippen LogP contribution < -0.4 is 5.43 Å². The Bertz CT molecular complexity index is 804. The van der Waals surface area contributed by atoms with E-state index in [-0.39, 0.29) is 16.4 Å². The van der Waals surface area contributed by atoms with Crippen LogP contribution in [0.2, 0.25) is 5.22 Å². The Morgan fingerprint density at radius 3 is 2.42 bits per heavy atom. The van der Waals surface area contributed by atoms with Gasteiger partial charge in [-0.25, -0.2) is 0 Å². The van der Waals surface area contributed by atoms with Crippen molar-refractivity contribution < 1.29 is 9.52 Å². The molecule has 0 aliphatic heterocycles. The van der Waals surface area contributed by atoms with Crippen LogP contribution in [0.4, 0.5) is 0 Å². The standard InChI is InChI=1S/C15H9ClO3/c16-15-13(9-5-7-10(17)8-6-9)14(18)11-3-1-2-4-12(11)19-15/h1-8,17H. The summed E-state index contributed by atoms with van der Waals surface area (Å²) in [6.45, 7) is 0. The summed E-state index contributed by atoms with van der Waals surface area (Å²) in [6, 6.07) is 13.2. The molecule has 0 unspecified atom stereocenters. The molecule has 3 rings (SSSR count). The number of phenols is 1. The number of fused-ring (bicyclic) bond motifs is 1. The number of aromatic hydroxyl groups is 1. The minimum Gasteiger partial charge on any atom is -0.508 e. The fraction of sp³-hybridized carbons (Fsp3) is 0. The van der Waals surface area contributed by atoms with Crippen LogP contribution in [-0.2, 0) is 0 Å². The molecule has 1 aromatic heterocycles. The Hall–Kier alpha value is -2.26. The number of benzene rings is 2. The van der Waals surface area contributed by atoms with E-state index in [0.717, 1.165) is 0 Å². The first kappa shape index (κ1) is 11.8. The predicted molar refractivity (Wildman–Crippen MR) is 74.6 cm³/mol. The topological polar surface area (TPSA) is 50.4 Å². The maximum Gasteiger partial charge on any atom is 0.205 e. The van der Waals surface area contributed by atoms with E-state index < -0.39 is 0 Å². The largest absolute Gasteiger partial charge is 0.508 e. The maximum absolute atomic E-state index is 12.4. The summed E-state index contributed by atoms with van der Waals surface area (Å²) in [4.78, 5) is 12.4. The number of phenolic OH excluding ortho intramolecular Hbond substituents is 1. The van der Waals surface area contributed by atoms with Crippen molar-refractivity contribution in [2.75, 3.05) is 0 Å². The highest BCUT2D eigenvalue weighted by Gasteiger charge is 2.14. The van der Waals surface area contributed by atoms with Crippen LogP contribution in [0.5, 0.6) is 5.75 Å². The number of halogens is 1. The molecule has 2 aromatic carbocycles. The lowest BCUT2D eigenvalue weighted by Gasteiger charge is -2.05. The van der Waals surface area contributed by atoms with Gasteiger partial charge < -0.3 is 9.52 Å². The van der Waals surface area contributed by atoms with E-state index in [1.54, 1.807) is 36.4 Å². The van der Waals surface area contributed by atoms with Gasteiger partial charge in [0.05, 0.1) is 10.9 Å². The molecule has 1 heterocycles. The molecule has 0 spiro atoms. The molecule has 0 radical (unpaired) electrons. The first-order valence-electron chi connectivity index (χ1n) is 5.67.